The zero-order chi connectivity index (χ0) is 31.3. The monoisotopic (exact) mass is 602 g/mol. The second-order valence-corrected chi connectivity index (χ2v) is 13.1. The summed E-state index contributed by atoms with van der Waals surface area (Å²) >= 11 is 0. The molecule has 4 N–H and O–H groups in total. The number of aliphatic hydroxyl groups is 2. The number of hydrogen-bond donors (Lipinski definition) is 4. The third-order valence-electron chi connectivity index (χ3n) is 9.45. The molecule has 4 fully saturated rings. The summed E-state index contributed by atoms with van der Waals surface area (Å²) < 4.78 is 17.5. The number of carbonyl (C=O) groups is 3. The van der Waals surface area contributed by atoms with Gasteiger partial charge in [-0.15, -0.1) is 0 Å². The van der Waals surface area contributed by atoms with E-state index in [0.29, 0.717) is 19.3 Å². The molecule has 2 amide bonds. The first-order chi connectivity index (χ1) is 20.4. The van der Waals surface area contributed by atoms with Gasteiger partial charge in [0.2, 0.25) is 11.8 Å². The third kappa shape index (κ3) is 9.00. The van der Waals surface area contributed by atoms with Crippen LogP contribution in [-0.4, -0.2) is 82.8 Å². The number of hydrogen-bond acceptors (Lipinski definition) is 8. The molecule has 2 unspecified atom stereocenters. The summed E-state index contributed by atoms with van der Waals surface area (Å²) in [7, 11) is 0. The van der Waals surface area contributed by atoms with Gasteiger partial charge in [0.1, 0.15) is 12.2 Å². The van der Waals surface area contributed by atoms with Crippen LogP contribution >= 0.6 is 0 Å². The molecule has 0 aromatic heterocycles. The summed E-state index contributed by atoms with van der Waals surface area (Å²) in [6.45, 7) is 9.08. The molecule has 43 heavy (non-hydrogen) atoms. The zero-order valence-electron chi connectivity index (χ0n) is 26.2. The van der Waals surface area contributed by atoms with Crippen molar-refractivity contribution in [1.29, 1.82) is 0 Å². The molecule has 0 aromatic carbocycles. The van der Waals surface area contributed by atoms with Crippen molar-refractivity contribution in [2.45, 2.75) is 141 Å². The van der Waals surface area contributed by atoms with E-state index in [9.17, 15) is 24.6 Å². The van der Waals surface area contributed by atoms with Crippen LogP contribution in [0.15, 0.2) is 36.0 Å². The Balaban J connectivity index is 1.27. The zero-order valence-corrected chi connectivity index (χ0v) is 26.2. The SMILES string of the molecule is CC(=O)O[C@@H](C)/C=C\C(=O)N[C@@H]1C[C@H](C)[C@H](C/C=C(C)/C=C/[C@H]2O[C@H](CC(=O)NC3CCC3)CC3(CC3O)[C@@H]2O)O[C@@H]1C. The smallest absolute Gasteiger partial charge is 0.303 e. The van der Waals surface area contributed by atoms with E-state index >= 15 is 0 Å². The Labute approximate surface area is 255 Å². The van der Waals surface area contributed by atoms with Gasteiger partial charge in [0.25, 0.3) is 0 Å². The van der Waals surface area contributed by atoms with Gasteiger partial charge >= 0.3 is 5.97 Å². The van der Waals surface area contributed by atoms with Gasteiger partial charge < -0.3 is 35.1 Å². The molecule has 2 aliphatic heterocycles. The van der Waals surface area contributed by atoms with Crippen LogP contribution in [0.5, 0.6) is 0 Å². The molecule has 240 valence electrons. The highest BCUT2D eigenvalue weighted by molar-refractivity contribution is 5.87. The maximum Gasteiger partial charge on any atom is 0.303 e. The molecule has 10 heteroatoms. The van der Waals surface area contributed by atoms with Crippen molar-refractivity contribution >= 4 is 17.8 Å². The van der Waals surface area contributed by atoms with Crippen LogP contribution in [0.2, 0.25) is 0 Å². The van der Waals surface area contributed by atoms with Gasteiger partial charge in [-0.3, -0.25) is 14.4 Å². The number of amides is 2. The van der Waals surface area contributed by atoms with Crippen LogP contribution in [0.3, 0.4) is 0 Å². The van der Waals surface area contributed by atoms with Gasteiger partial charge in [0.05, 0.1) is 43.0 Å². The second kappa shape index (κ2) is 14.5. The summed E-state index contributed by atoms with van der Waals surface area (Å²) in [5, 5.41) is 27.5. The molecule has 10 nitrogen and oxygen atoms in total. The summed E-state index contributed by atoms with van der Waals surface area (Å²) in [5.41, 5.74) is 0.396. The first-order valence-corrected chi connectivity index (χ1v) is 15.8. The van der Waals surface area contributed by atoms with Crippen molar-refractivity contribution in [1.82, 2.24) is 10.6 Å². The second-order valence-electron chi connectivity index (χ2n) is 13.1. The predicted octanol–water partition coefficient (Wildman–Crippen LogP) is 3.01. The van der Waals surface area contributed by atoms with E-state index < -0.39 is 35.8 Å². The molecule has 2 heterocycles. The Morgan fingerprint density at radius 3 is 2.42 bits per heavy atom. The first-order valence-electron chi connectivity index (χ1n) is 15.8. The van der Waals surface area contributed by atoms with E-state index in [1.165, 1.54) is 13.0 Å². The van der Waals surface area contributed by atoms with Crippen molar-refractivity contribution in [2.24, 2.45) is 11.3 Å². The maximum absolute atomic E-state index is 12.5. The highest BCUT2D eigenvalue weighted by atomic mass is 16.5. The fourth-order valence-corrected chi connectivity index (χ4v) is 6.46. The Kier molecular flexibility index (Phi) is 11.3. The third-order valence-corrected chi connectivity index (χ3v) is 9.45. The van der Waals surface area contributed by atoms with Crippen LogP contribution in [-0.2, 0) is 28.6 Å². The molecule has 0 bridgehead atoms. The molecule has 0 radical (unpaired) electrons. The molecule has 4 rings (SSSR count). The van der Waals surface area contributed by atoms with E-state index in [4.69, 9.17) is 14.2 Å². The molecule has 0 aromatic rings. The Morgan fingerprint density at radius 2 is 1.79 bits per heavy atom. The lowest BCUT2D eigenvalue weighted by molar-refractivity contribution is -0.152. The lowest BCUT2D eigenvalue weighted by Crippen LogP contribution is -2.50. The largest absolute Gasteiger partial charge is 0.459 e. The fourth-order valence-electron chi connectivity index (χ4n) is 6.46. The van der Waals surface area contributed by atoms with Gasteiger partial charge in [-0.25, -0.2) is 0 Å². The van der Waals surface area contributed by atoms with Gasteiger partial charge in [0.15, 0.2) is 0 Å². The van der Waals surface area contributed by atoms with Crippen molar-refractivity contribution in [2.75, 3.05) is 0 Å². The van der Waals surface area contributed by atoms with Crippen LogP contribution in [0.4, 0.5) is 0 Å². The molecule has 10 atom stereocenters. The van der Waals surface area contributed by atoms with Crippen LogP contribution < -0.4 is 10.6 Å². The first kappa shape index (κ1) is 33.4. The maximum atomic E-state index is 12.5. The van der Waals surface area contributed by atoms with Crippen molar-refractivity contribution < 1.29 is 38.8 Å². The standard InChI is InChI=1S/C33H50N2O8/c1-19(9-12-27-20(2)15-26(22(4)42-27)35-30(38)14-11-21(3)41-23(5)36)10-13-28-32(40)33(18-29(33)37)17-25(43-28)16-31(39)34-24-7-6-8-24/h9-11,13-14,20-22,24-29,32,37,40H,6-8,12,15-18H2,1-5H3,(H,34,39)(H,35,38)/b13-10+,14-11-,19-9+/t20-,21-,22+,25+,26+,27-,28+,29?,32+,33?/m0/s1. The summed E-state index contributed by atoms with van der Waals surface area (Å²) in [6, 6.07) is 0.135. The van der Waals surface area contributed by atoms with E-state index in [1.54, 1.807) is 13.0 Å². The Hall–Kier alpha value is -2.53. The number of nitrogens with one attached hydrogen (secondary N) is 2. The number of aliphatic hydroxyl groups excluding tert-OH is 2. The minimum Gasteiger partial charge on any atom is -0.459 e. The van der Waals surface area contributed by atoms with E-state index in [-0.39, 0.29) is 54.5 Å². The summed E-state index contributed by atoms with van der Waals surface area (Å²) in [4.78, 5) is 36.0. The predicted molar refractivity (Wildman–Crippen MR) is 161 cm³/mol. The average Bonchev–Trinajstić information content (AvgIpc) is 3.55. The molecule has 2 aliphatic carbocycles. The number of rotatable bonds is 11. The highest BCUT2D eigenvalue weighted by Gasteiger charge is 2.63. The van der Waals surface area contributed by atoms with E-state index in [2.05, 4.69) is 23.6 Å². The van der Waals surface area contributed by atoms with E-state index in [1.807, 2.05) is 26.0 Å². The Bertz CT molecular complexity index is 1100. The molecule has 4 aliphatic rings. The van der Waals surface area contributed by atoms with E-state index in [0.717, 1.165) is 31.3 Å². The normalized spacial score (nSPS) is 37.2. The average molecular weight is 603 g/mol. The number of carbonyl (C=O) groups excluding carboxylic acids is 3. The van der Waals surface area contributed by atoms with Gasteiger partial charge in [0, 0.05) is 24.5 Å². The van der Waals surface area contributed by atoms with Gasteiger partial charge in [-0.05, 0) is 77.7 Å². The lowest BCUT2D eigenvalue weighted by atomic mass is 9.83. The quantitative estimate of drug-likeness (QED) is 0.161. The summed E-state index contributed by atoms with van der Waals surface area (Å²) in [5.74, 6) is -0.463. The minimum absolute atomic E-state index is 0.00834. The number of esters is 1. The highest BCUT2D eigenvalue weighted by Crippen LogP contribution is 2.57. The minimum atomic E-state index is -0.827. The van der Waals surface area contributed by atoms with Crippen molar-refractivity contribution in [3.8, 4) is 0 Å². The Morgan fingerprint density at radius 1 is 1.07 bits per heavy atom. The molecule has 2 saturated heterocycles. The fraction of sp³-hybridized carbons (Fsp3) is 0.727. The molecule has 1 spiro atoms. The summed E-state index contributed by atoms with van der Waals surface area (Å²) in [6.07, 6.45) is 11.7. The van der Waals surface area contributed by atoms with Crippen molar-refractivity contribution in [3.05, 3.63) is 36.0 Å². The number of ether oxygens (including phenoxy) is 3. The van der Waals surface area contributed by atoms with Gasteiger partial charge in [-0.1, -0.05) is 30.7 Å². The topological polar surface area (TPSA) is 143 Å². The van der Waals surface area contributed by atoms with Crippen LogP contribution in [0.1, 0.15) is 86.0 Å². The number of allylic oxidation sites excluding steroid dienone is 2. The molecule has 2 saturated carbocycles. The molecular weight excluding hydrogens is 552 g/mol. The van der Waals surface area contributed by atoms with Gasteiger partial charge in [-0.2, -0.15) is 0 Å². The molecular formula is C33H50N2O8. The van der Waals surface area contributed by atoms with Crippen LogP contribution in [0.25, 0.3) is 0 Å². The lowest BCUT2D eigenvalue weighted by Gasteiger charge is -2.39. The van der Waals surface area contributed by atoms with Crippen molar-refractivity contribution in [3.63, 3.8) is 0 Å². The van der Waals surface area contributed by atoms with Crippen LogP contribution in [0, 0.1) is 11.3 Å².